The van der Waals surface area contributed by atoms with Crippen LogP contribution in [0, 0.1) is 17.5 Å². The Hall–Kier alpha value is -3.76. The fourth-order valence-corrected chi connectivity index (χ4v) is 3.33. The lowest BCUT2D eigenvalue weighted by Gasteiger charge is -2.25. The van der Waals surface area contributed by atoms with Crippen LogP contribution in [0.1, 0.15) is 35.7 Å². The van der Waals surface area contributed by atoms with Gasteiger partial charge in [-0.15, -0.1) is 0 Å². The van der Waals surface area contributed by atoms with Gasteiger partial charge in [-0.25, -0.2) is 18.6 Å². The van der Waals surface area contributed by atoms with Gasteiger partial charge in [0.2, 0.25) is 17.3 Å². The largest absolute Gasteiger partial charge is 0.490 e. The summed E-state index contributed by atoms with van der Waals surface area (Å²) in [5.74, 6) is -5.89. The van der Waals surface area contributed by atoms with Gasteiger partial charge in [-0.2, -0.15) is 9.49 Å². The quantitative estimate of drug-likeness (QED) is 0.642. The number of hydrazone groups is 1. The third kappa shape index (κ3) is 4.86. The zero-order valence-electron chi connectivity index (χ0n) is 18.2. The molecule has 0 saturated heterocycles. The lowest BCUT2D eigenvalue weighted by Crippen LogP contribution is -2.33. The molecule has 11 heteroatoms. The number of halogens is 3. The van der Waals surface area contributed by atoms with E-state index in [1.165, 1.54) is 24.3 Å². The third-order valence-electron chi connectivity index (χ3n) is 4.85. The summed E-state index contributed by atoms with van der Waals surface area (Å²) < 4.78 is 58.4. The Bertz CT molecular complexity index is 1090. The number of methoxy groups -OCH3 is 2. The molecule has 1 aliphatic heterocycles. The van der Waals surface area contributed by atoms with Gasteiger partial charge in [0.1, 0.15) is 0 Å². The number of nitrogens with zero attached hydrogens (tertiary/aromatic N) is 2. The fourth-order valence-electron chi connectivity index (χ4n) is 3.33. The molecule has 0 spiro atoms. The van der Waals surface area contributed by atoms with Crippen LogP contribution in [0.3, 0.4) is 0 Å². The van der Waals surface area contributed by atoms with Crippen molar-refractivity contribution in [3.63, 3.8) is 0 Å². The van der Waals surface area contributed by atoms with Gasteiger partial charge >= 0.3 is 6.09 Å². The van der Waals surface area contributed by atoms with Crippen LogP contribution in [0.5, 0.6) is 11.5 Å². The highest BCUT2D eigenvalue weighted by atomic mass is 19.2. The van der Waals surface area contributed by atoms with Gasteiger partial charge in [-0.1, -0.05) is 0 Å². The first-order valence-corrected chi connectivity index (χ1v) is 10.0. The molecule has 1 N–H and O–H groups in total. The summed E-state index contributed by atoms with van der Waals surface area (Å²) in [5, 5.41) is 7.64. The van der Waals surface area contributed by atoms with E-state index in [1.807, 2.05) is 0 Å². The van der Waals surface area contributed by atoms with Gasteiger partial charge in [-0.3, -0.25) is 10.1 Å². The van der Waals surface area contributed by atoms with Crippen molar-refractivity contribution in [3.8, 4) is 11.5 Å². The van der Waals surface area contributed by atoms with Gasteiger partial charge in [-0.05, 0) is 44.0 Å². The van der Waals surface area contributed by atoms with Crippen LogP contribution in [0.2, 0.25) is 0 Å². The van der Waals surface area contributed by atoms with E-state index in [1.54, 1.807) is 6.92 Å². The Morgan fingerprint density at radius 2 is 1.67 bits per heavy atom. The number of amides is 2. The Kier molecular flexibility index (Phi) is 7.41. The molecule has 8 nitrogen and oxygen atoms in total. The van der Waals surface area contributed by atoms with E-state index < -0.39 is 46.5 Å². The maximum absolute atomic E-state index is 15.0. The number of carbonyl (C=O) groups excluding carboxylic acids is 2. The minimum atomic E-state index is -1.48. The van der Waals surface area contributed by atoms with Gasteiger partial charge in [0.05, 0.1) is 32.1 Å². The molecule has 0 radical (unpaired) electrons. The highest BCUT2D eigenvalue weighted by Gasteiger charge is 2.31. The average molecular weight is 465 g/mol. The summed E-state index contributed by atoms with van der Waals surface area (Å²) in [6.07, 6.45) is -0.162. The van der Waals surface area contributed by atoms with Crippen molar-refractivity contribution in [3.05, 3.63) is 52.8 Å². The first kappa shape index (κ1) is 23.9. The van der Waals surface area contributed by atoms with Crippen LogP contribution in [0.4, 0.5) is 23.7 Å². The Morgan fingerprint density at radius 1 is 1.03 bits per heavy atom. The van der Waals surface area contributed by atoms with Crippen molar-refractivity contribution in [2.24, 2.45) is 5.10 Å². The van der Waals surface area contributed by atoms with E-state index in [-0.39, 0.29) is 30.8 Å². The van der Waals surface area contributed by atoms with E-state index in [4.69, 9.17) is 14.2 Å². The molecule has 1 heterocycles. The zero-order chi connectivity index (χ0) is 24.1. The number of nitrogens with one attached hydrogen (secondary N) is 1. The molecule has 2 aromatic rings. The molecule has 2 amide bonds. The summed E-state index contributed by atoms with van der Waals surface area (Å²) in [5.41, 5.74) is -0.201. The number of rotatable bonds is 6. The van der Waals surface area contributed by atoms with Gasteiger partial charge in [0.25, 0.3) is 5.91 Å². The second-order valence-corrected chi connectivity index (χ2v) is 6.88. The minimum Gasteiger partial charge on any atom is -0.490 e. The molecule has 0 unspecified atom stereocenters. The number of ether oxygens (including phenoxy) is 3. The van der Waals surface area contributed by atoms with E-state index in [2.05, 4.69) is 10.4 Å². The van der Waals surface area contributed by atoms with Gasteiger partial charge in [0.15, 0.2) is 11.6 Å². The van der Waals surface area contributed by atoms with Crippen LogP contribution in [0.25, 0.3) is 0 Å². The molecule has 3 rings (SSSR count). The molecule has 0 atom stereocenters. The van der Waals surface area contributed by atoms with Crippen molar-refractivity contribution in [1.82, 2.24) is 5.01 Å². The average Bonchev–Trinajstić information content (AvgIpc) is 2.81. The number of hydrogen-bond donors (Lipinski definition) is 1. The molecular formula is C22H22F3N3O5. The van der Waals surface area contributed by atoms with E-state index in [0.29, 0.717) is 12.1 Å². The van der Waals surface area contributed by atoms with E-state index in [0.717, 1.165) is 19.2 Å². The highest BCUT2D eigenvalue weighted by Crippen LogP contribution is 2.38. The molecule has 33 heavy (non-hydrogen) atoms. The number of benzene rings is 2. The molecule has 1 aliphatic rings. The van der Waals surface area contributed by atoms with Crippen molar-refractivity contribution < 1.29 is 37.0 Å². The Morgan fingerprint density at radius 3 is 2.27 bits per heavy atom. The summed E-state index contributed by atoms with van der Waals surface area (Å²) in [7, 11) is 2.16. The zero-order valence-corrected chi connectivity index (χ0v) is 18.2. The first-order chi connectivity index (χ1) is 15.8. The summed E-state index contributed by atoms with van der Waals surface area (Å²) in [6, 6.07) is 5.93. The van der Waals surface area contributed by atoms with Crippen molar-refractivity contribution in [2.75, 3.05) is 32.7 Å². The topological polar surface area (TPSA) is 89.5 Å². The molecular weight excluding hydrogens is 443 g/mol. The molecule has 0 saturated carbocycles. The Labute approximate surface area is 187 Å². The predicted octanol–water partition coefficient (Wildman–Crippen LogP) is 4.33. The maximum atomic E-state index is 15.0. The molecule has 0 aromatic heterocycles. The molecule has 0 aliphatic carbocycles. The first-order valence-electron chi connectivity index (χ1n) is 10.0. The summed E-state index contributed by atoms with van der Waals surface area (Å²) in [4.78, 5) is 24.4. The second kappa shape index (κ2) is 10.2. The Balaban J connectivity index is 1.89. The lowest BCUT2D eigenvalue weighted by molar-refractivity contribution is 0.0751. The van der Waals surface area contributed by atoms with Gasteiger partial charge < -0.3 is 14.2 Å². The molecule has 0 bridgehead atoms. The van der Waals surface area contributed by atoms with Crippen LogP contribution < -0.4 is 14.8 Å². The van der Waals surface area contributed by atoms with Crippen molar-refractivity contribution in [2.45, 2.75) is 19.8 Å². The van der Waals surface area contributed by atoms with Crippen LogP contribution in [-0.4, -0.2) is 50.1 Å². The van der Waals surface area contributed by atoms with Crippen LogP contribution >= 0.6 is 0 Å². The van der Waals surface area contributed by atoms with Crippen LogP contribution in [-0.2, 0) is 4.74 Å². The molecule has 0 fully saturated rings. The van der Waals surface area contributed by atoms with Crippen LogP contribution in [0.15, 0.2) is 29.4 Å². The molecule has 176 valence electrons. The lowest BCUT2D eigenvalue weighted by atomic mass is 10.0. The van der Waals surface area contributed by atoms with E-state index >= 15 is 0 Å². The number of anilines is 1. The molecule has 2 aromatic carbocycles. The summed E-state index contributed by atoms with van der Waals surface area (Å²) in [6.45, 7) is 2.08. The fraction of sp³-hybridized carbons (Fsp3) is 0.318. The maximum Gasteiger partial charge on any atom is 0.411 e. The standard InChI is InChI=1S/C22H22F3N3O5/c1-4-33-22(30)26-13-9-7-12(8-10-13)21(29)28-11-5-6-14(27-28)15-16(23)18(25)20(32-3)19(31-2)17(15)24/h7-10H,4-6,11H2,1-3H3,(H,26,30). The van der Waals surface area contributed by atoms with Gasteiger partial charge in [0, 0.05) is 17.8 Å². The smallest absolute Gasteiger partial charge is 0.411 e. The minimum absolute atomic E-state index is 0.120. The number of hydrogen-bond acceptors (Lipinski definition) is 6. The third-order valence-corrected chi connectivity index (χ3v) is 4.85. The number of carbonyl (C=O) groups is 2. The van der Waals surface area contributed by atoms with Crippen molar-refractivity contribution >= 4 is 23.4 Å². The van der Waals surface area contributed by atoms with E-state index in [9.17, 15) is 22.8 Å². The predicted molar refractivity (Wildman–Crippen MR) is 113 cm³/mol. The van der Waals surface area contributed by atoms with Crippen molar-refractivity contribution in [1.29, 1.82) is 0 Å². The highest BCUT2D eigenvalue weighted by molar-refractivity contribution is 6.04. The normalized spacial score (nSPS) is 13.3. The SMILES string of the molecule is CCOC(=O)Nc1ccc(C(=O)N2CCCC(c3c(F)c(F)c(OC)c(OC)c3F)=N2)cc1. The second-order valence-electron chi connectivity index (χ2n) is 6.88. The summed E-state index contributed by atoms with van der Waals surface area (Å²) >= 11 is 0. The monoisotopic (exact) mass is 465 g/mol.